The van der Waals surface area contributed by atoms with Gasteiger partial charge in [0.15, 0.2) is 0 Å². The van der Waals surface area contributed by atoms with E-state index in [9.17, 15) is 10.1 Å². The van der Waals surface area contributed by atoms with E-state index in [2.05, 4.69) is 4.98 Å². The van der Waals surface area contributed by atoms with Crippen LogP contribution in [0.5, 0.6) is 0 Å². The van der Waals surface area contributed by atoms with Crippen molar-refractivity contribution in [3.8, 4) is 6.07 Å². The van der Waals surface area contributed by atoms with Crippen LogP contribution in [0, 0.1) is 21.4 Å². The molecule has 5 nitrogen and oxygen atoms in total. The molecule has 0 saturated heterocycles. The van der Waals surface area contributed by atoms with E-state index < -0.39 is 4.92 Å². The number of nitro groups is 1. The Morgan fingerprint density at radius 3 is 3.00 bits per heavy atom. The van der Waals surface area contributed by atoms with Crippen molar-refractivity contribution in [3.05, 3.63) is 33.1 Å². The molecule has 0 radical (unpaired) electrons. The summed E-state index contributed by atoms with van der Waals surface area (Å²) in [5, 5.41) is 19.0. The van der Waals surface area contributed by atoms with Crippen molar-refractivity contribution >= 4 is 17.3 Å². The molecule has 13 heavy (non-hydrogen) atoms. The zero-order valence-electron chi connectivity index (χ0n) is 6.40. The fraction of sp³-hybridized carbons (Fsp3) is 0.143. The quantitative estimate of drug-likeness (QED) is 0.534. The average molecular weight is 198 g/mol. The number of nitriles is 1. The summed E-state index contributed by atoms with van der Waals surface area (Å²) in [7, 11) is 0. The second-order valence-corrected chi connectivity index (χ2v) is 2.65. The lowest BCUT2D eigenvalue weighted by Crippen LogP contribution is -1.97. The maximum absolute atomic E-state index is 10.4. The second-order valence-electron chi connectivity index (χ2n) is 2.21. The summed E-state index contributed by atoms with van der Waals surface area (Å²) in [6, 6.07) is 2.97. The minimum absolute atomic E-state index is 0.0898. The summed E-state index contributed by atoms with van der Waals surface area (Å²) in [4.78, 5) is 13.5. The van der Waals surface area contributed by atoms with Crippen molar-refractivity contribution in [1.29, 1.82) is 5.26 Å². The van der Waals surface area contributed by atoms with Gasteiger partial charge in [-0.25, -0.2) is 0 Å². The lowest BCUT2D eigenvalue weighted by molar-refractivity contribution is -0.385. The van der Waals surface area contributed by atoms with E-state index in [0.29, 0.717) is 0 Å². The van der Waals surface area contributed by atoms with Crippen LogP contribution in [-0.4, -0.2) is 9.91 Å². The highest BCUT2D eigenvalue weighted by molar-refractivity contribution is 6.30. The predicted molar refractivity (Wildman–Crippen MR) is 45.2 cm³/mol. The molecule has 66 valence electrons. The molecule has 1 heterocycles. The molecule has 0 spiro atoms. The van der Waals surface area contributed by atoms with E-state index in [1.165, 1.54) is 12.3 Å². The molecule has 0 aliphatic carbocycles. The molecule has 6 heteroatoms. The third kappa shape index (κ3) is 2.13. The molecule has 0 amide bonds. The van der Waals surface area contributed by atoms with Gasteiger partial charge < -0.3 is 0 Å². The van der Waals surface area contributed by atoms with Crippen LogP contribution in [0.2, 0.25) is 5.02 Å². The Balaban J connectivity index is 3.20. The number of halogens is 1. The van der Waals surface area contributed by atoms with Gasteiger partial charge in [-0.05, 0) is 0 Å². The largest absolute Gasteiger partial charge is 0.293 e. The molecular weight excluding hydrogens is 194 g/mol. The Hall–Kier alpha value is -1.67. The van der Waals surface area contributed by atoms with Gasteiger partial charge >= 0.3 is 0 Å². The molecule has 0 aromatic carbocycles. The number of hydrogen-bond donors (Lipinski definition) is 0. The Morgan fingerprint density at radius 2 is 2.46 bits per heavy atom. The van der Waals surface area contributed by atoms with Gasteiger partial charge in [0.2, 0.25) is 0 Å². The fourth-order valence-electron chi connectivity index (χ4n) is 0.826. The van der Waals surface area contributed by atoms with Crippen LogP contribution in [0.1, 0.15) is 5.69 Å². The molecule has 0 fully saturated rings. The van der Waals surface area contributed by atoms with Crippen LogP contribution in [0.4, 0.5) is 5.69 Å². The highest BCUT2D eigenvalue weighted by Gasteiger charge is 2.14. The zero-order chi connectivity index (χ0) is 9.84. The van der Waals surface area contributed by atoms with E-state index in [1.54, 1.807) is 6.07 Å². The first-order valence-electron chi connectivity index (χ1n) is 3.31. The Labute approximate surface area is 78.7 Å². The monoisotopic (exact) mass is 197 g/mol. The van der Waals surface area contributed by atoms with E-state index in [4.69, 9.17) is 16.9 Å². The van der Waals surface area contributed by atoms with Crippen LogP contribution >= 0.6 is 11.6 Å². The second kappa shape index (κ2) is 3.83. The average Bonchev–Trinajstić information content (AvgIpc) is 2.08. The number of rotatable bonds is 2. The minimum Gasteiger partial charge on any atom is -0.258 e. The van der Waals surface area contributed by atoms with Crippen molar-refractivity contribution in [2.24, 2.45) is 0 Å². The first-order valence-corrected chi connectivity index (χ1v) is 3.68. The maximum Gasteiger partial charge on any atom is 0.293 e. The highest BCUT2D eigenvalue weighted by Crippen LogP contribution is 2.20. The van der Waals surface area contributed by atoms with Crippen molar-refractivity contribution in [2.45, 2.75) is 6.42 Å². The fourth-order valence-corrected chi connectivity index (χ4v) is 0.978. The van der Waals surface area contributed by atoms with Crippen molar-refractivity contribution < 1.29 is 4.92 Å². The lowest BCUT2D eigenvalue weighted by Gasteiger charge is -1.96. The van der Waals surface area contributed by atoms with Gasteiger partial charge in [-0.2, -0.15) is 5.26 Å². The van der Waals surface area contributed by atoms with Gasteiger partial charge in [-0.3, -0.25) is 15.1 Å². The summed E-state index contributed by atoms with van der Waals surface area (Å²) in [5.74, 6) is 0. The van der Waals surface area contributed by atoms with Gasteiger partial charge in [-0.15, -0.1) is 0 Å². The first kappa shape index (κ1) is 9.42. The molecule has 0 atom stereocenters. The summed E-state index contributed by atoms with van der Waals surface area (Å²) in [5.41, 5.74) is -0.0778. The van der Waals surface area contributed by atoms with Crippen molar-refractivity contribution in [3.63, 3.8) is 0 Å². The molecule has 0 saturated carbocycles. The van der Waals surface area contributed by atoms with Crippen molar-refractivity contribution in [1.82, 2.24) is 4.98 Å². The van der Waals surface area contributed by atoms with Gasteiger partial charge in [0.1, 0.15) is 5.69 Å². The Kier molecular flexibility index (Phi) is 2.77. The van der Waals surface area contributed by atoms with E-state index in [-0.39, 0.29) is 22.8 Å². The van der Waals surface area contributed by atoms with Crippen molar-refractivity contribution in [2.75, 3.05) is 0 Å². The van der Waals surface area contributed by atoms with Crippen LogP contribution in [0.15, 0.2) is 12.3 Å². The summed E-state index contributed by atoms with van der Waals surface area (Å²) in [6.45, 7) is 0. The topological polar surface area (TPSA) is 79.8 Å². The first-order chi connectivity index (χ1) is 6.15. The molecule has 0 aliphatic rings. The standard InChI is InChI=1S/C7H4ClN3O2/c8-5-3-7(11(12)13)6(1-2-9)10-4-5/h3-4H,1H2. The molecule has 0 unspecified atom stereocenters. The highest BCUT2D eigenvalue weighted by atomic mass is 35.5. The number of nitrogens with zero attached hydrogens (tertiary/aromatic N) is 3. The van der Waals surface area contributed by atoms with Crippen LogP contribution < -0.4 is 0 Å². The smallest absolute Gasteiger partial charge is 0.258 e. The lowest BCUT2D eigenvalue weighted by atomic mass is 10.2. The molecule has 1 aromatic rings. The minimum atomic E-state index is -0.606. The molecule has 1 aromatic heterocycles. The molecule has 0 bridgehead atoms. The summed E-state index contributed by atoms with van der Waals surface area (Å²) in [6.07, 6.45) is 1.19. The predicted octanol–water partition coefficient (Wildman–Crippen LogP) is 1.71. The summed E-state index contributed by atoms with van der Waals surface area (Å²) < 4.78 is 0. The molecule has 1 rings (SSSR count). The van der Waals surface area contributed by atoms with Gasteiger partial charge in [-0.1, -0.05) is 11.6 Å². The third-order valence-electron chi connectivity index (χ3n) is 1.36. The van der Waals surface area contributed by atoms with E-state index in [0.717, 1.165) is 0 Å². The van der Waals surface area contributed by atoms with E-state index >= 15 is 0 Å². The number of pyridine rings is 1. The maximum atomic E-state index is 10.4. The molecule has 0 aliphatic heterocycles. The zero-order valence-corrected chi connectivity index (χ0v) is 7.15. The Bertz CT molecular complexity index is 386. The van der Waals surface area contributed by atoms with Crippen LogP contribution in [0.3, 0.4) is 0 Å². The van der Waals surface area contributed by atoms with Gasteiger partial charge in [0, 0.05) is 12.3 Å². The third-order valence-corrected chi connectivity index (χ3v) is 1.56. The van der Waals surface area contributed by atoms with Gasteiger partial charge in [0.05, 0.1) is 22.4 Å². The van der Waals surface area contributed by atoms with Crippen LogP contribution in [-0.2, 0) is 6.42 Å². The molecular formula is C7H4ClN3O2. The van der Waals surface area contributed by atoms with Crippen LogP contribution in [0.25, 0.3) is 0 Å². The van der Waals surface area contributed by atoms with Gasteiger partial charge in [0.25, 0.3) is 5.69 Å². The van der Waals surface area contributed by atoms with E-state index in [1.807, 2.05) is 0 Å². The summed E-state index contributed by atoms with van der Waals surface area (Å²) >= 11 is 5.51. The number of hydrogen-bond acceptors (Lipinski definition) is 4. The normalized spacial score (nSPS) is 9.23. The number of aromatic nitrogens is 1. The molecule has 0 N–H and O–H groups in total. The Morgan fingerprint density at radius 1 is 1.77 bits per heavy atom. The SMILES string of the molecule is N#CCc1ncc(Cl)cc1[N+](=O)[O-].